The first kappa shape index (κ1) is 3.93. The summed E-state index contributed by atoms with van der Waals surface area (Å²) in [5.41, 5.74) is 1.81. The molecule has 0 aromatic heterocycles. The van der Waals surface area contributed by atoms with E-state index in [1.165, 1.54) is 0 Å². The quantitative estimate of drug-likeness (QED) is 0.267. The van der Waals surface area contributed by atoms with Crippen LogP contribution in [0.15, 0.2) is 0 Å². The summed E-state index contributed by atoms with van der Waals surface area (Å²) in [5, 5.41) is 17.8. The maximum atomic E-state index is 9.56. The molecule has 3 N–H and O–H groups in total. The van der Waals surface area contributed by atoms with Crippen molar-refractivity contribution in [2.45, 2.75) is 0 Å². The third-order valence-electron chi connectivity index (χ3n) is 0.390. The van der Waals surface area contributed by atoms with Crippen LogP contribution in [0.5, 0.6) is 0 Å². The molecule has 2 unspecified atom stereocenters. The molecule has 6 heavy (non-hydrogen) atoms. The van der Waals surface area contributed by atoms with Crippen molar-refractivity contribution in [3.8, 4) is 0 Å². The van der Waals surface area contributed by atoms with Crippen LogP contribution in [-0.4, -0.2) is 0 Å². The first-order valence-electron chi connectivity index (χ1n) is 1.32. The summed E-state index contributed by atoms with van der Waals surface area (Å²) in [5.74, 6) is 0. The van der Waals surface area contributed by atoms with Gasteiger partial charge in [-0.1, -0.05) is 0 Å². The Balaban J connectivity index is 2.11. The monoisotopic (exact) mass is 93.0 g/mol. The van der Waals surface area contributed by atoms with Gasteiger partial charge in [-0.25, -0.2) is 0 Å². The van der Waals surface area contributed by atoms with Gasteiger partial charge in [0.05, 0.1) is 5.53 Å². The van der Waals surface area contributed by atoms with Gasteiger partial charge in [-0.2, -0.15) is 0 Å². The van der Waals surface area contributed by atoms with Crippen LogP contribution in [0.1, 0.15) is 0 Å². The zero-order chi connectivity index (χ0) is 4.57. The molecule has 0 bridgehead atoms. The van der Waals surface area contributed by atoms with Gasteiger partial charge in [0.25, 0.3) is 0 Å². The van der Waals surface area contributed by atoms with Gasteiger partial charge in [-0.15, -0.1) is 0 Å². The van der Waals surface area contributed by atoms with E-state index in [0.717, 1.165) is 0 Å². The Bertz CT molecular complexity index is 42.0. The molecule has 36 valence electrons. The predicted octanol–water partition coefficient (Wildman–Crippen LogP) is -3.97. The van der Waals surface area contributed by atoms with Crippen LogP contribution in [0.2, 0.25) is 0 Å². The number of hydrogen-bond donors (Lipinski definition) is 3. The Hall–Kier alpha value is -0.240. The summed E-state index contributed by atoms with van der Waals surface area (Å²) in [6.07, 6.45) is 0. The fourth-order valence-corrected chi connectivity index (χ4v) is 0.172. The highest BCUT2D eigenvalue weighted by Gasteiger charge is 2.19. The number of rotatable bonds is 0. The second-order valence-corrected chi connectivity index (χ2v) is 0.802. The summed E-state index contributed by atoms with van der Waals surface area (Å²) >= 11 is 0. The van der Waals surface area contributed by atoms with Crippen molar-refractivity contribution >= 4 is 0 Å². The molecular formula is H3N3O3. The van der Waals surface area contributed by atoms with E-state index in [4.69, 9.17) is 0 Å². The van der Waals surface area contributed by atoms with Crippen molar-refractivity contribution in [1.82, 2.24) is 5.53 Å². The fourth-order valence-electron chi connectivity index (χ4n) is 0.172. The van der Waals surface area contributed by atoms with Gasteiger partial charge >= 0.3 is 0 Å². The van der Waals surface area contributed by atoms with Crippen LogP contribution in [0, 0.1) is 10.4 Å². The Morgan fingerprint density at radius 3 is 1.67 bits per heavy atom. The lowest BCUT2D eigenvalue weighted by Gasteiger charge is -2.31. The van der Waals surface area contributed by atoms with Crippen molar-refractivity contribution < 1.29 is 15.6 Å². The van der Waals surface area contributed by atoms with Crippen molar-refractivity contribution in [1.29, 1.82) is 0 Å². The molecule has 1 heterocycles. The van der Waals surface area contributed by atoms with Crippen LogP contribution in [-0.2, 0) is 4.94 Å². The van der Waals surface area contributed by atoms with Crippen molar-refractivity contribution in [3.05, 3.63) is 10.4 Å². The van der Waals surface area contributed by atoms with E-state index in [1.807, 2.05) is 0 Å². The molecule has 1 aliphatic rings. The van der Waals surface area contributed by atoms with E-state index in [9.17, 15) is 10.4 Å². The summed E-state index contributed by atoms with van der Waals surface area (Å²) < 4.78 is 0. The molecule has 6 nitrogen and oxygen atoms in total. The smallest absolute Gasteiger partial charge is 0.0638 e. The normalized spacial score (nSPS) is 45.0. The highest BCUT2D eigenvalue weighted by Crippen LogP contribution is 1.30. The average Bonchev–Trinajstić information content (AvgIpc) is 1.33. The largest absolute Gasteiger partial charge is 0.571 e. The van der Waals surface area contributed by atoms with E-state index in [1.54, 1.807) is 5.53 Å². The minimum Gasteiger partial charge on any atom is -0.571 e. The standard InChI is InChI=1S/H3N3O3/c4-2-1-3(5)6-2/h1-3H. The average molecular weight is 93.0 g/mol. The molecular weight excluding hydrogens is 90.0 g/mol. The van der Waals surface area contributed by atoms with Crippen molar-refractivity contribution in [3.63, 3.8) is 0 Å². The molecule has 0 amide bonds. The zero-order valence-corrected chi connectivity index (χ0v) is 2.72. The second-order valence-electron chi connectivity index (χ2n) is 0.802. The molecule has 1 saturated heterocycles. The molecule has 0 saturated carbocycles. The van der Waals surface area contributed by atoms with E-state index in [2.05, 4.69) is 4.94 Å². The Morgan fingerprint density at radius 1 is 1.33 bits per heavy atom. The van der Waals surface area contributed by atoms with E-state index < -0.39 is 10.7 Å². The lowest BCUT2D eigenvalue weighted by atomic mass is 12.2. The zero-order valence-electron chi connectivity index (χ0n) is 2.72. The summed E-state index contributed by atoms with van der Waals surface area (Å²) in [4.78, 5) is 3.75. The lowest BCUT2D eigenvalue weighted by Crippen LogP contribution is -3.52. The topological polar surface area (TPSA) is 76.3 Å². The Labute approximate surface area is 32.9 Å². The minimum atomic E-state index is -0.667. The maximum Gasteiger partial charge on any atom is 0.0638 e. The minimum absolute atomic E-state index is 0.667. The highest BCUT2D eigenvalue weighted by atomic mass is 17.2. The van der Waals surface area contributed by atoms with Gasteiger partial charge < -0.3 is 10.4 Å². The highest BCUT2D eigenvalue weighted by molar-refractivity contribution is 3.88. The lowest BCUT2D eigenvalue weighted by molar-refractivity contribution is -1.51. The van der Waals surface area contributed by atoms with Crippen LogP contribution < -0.4 is 16.2 Å². The molecule has 1 fully saturated rings. The van der Waals surface area contributed by atoms with Crippen molar-refractivity contribution in [2.75, 3.05) is 0 Å². The van der Waals surface area contributed by atoms with Crippen LogP contribution in [0.4, 0.5) is 0 Å². The van der Waals surface area contributed by atoms with Gasteiger partial charge in [0.1, 0.15) is 0 Å². The van der Waals surface area contributed by atoms with Gasteiger partial charge in [0.15, 0.2) is 0 Å². The van der Waals surface area contributed by atoms with E-state index in [0.29, 0.717) is 0 Å². The number of hydrogen-bond acceptors (Lipinski definition) is 4. The van der Waals surface area contributed by atoms with Crippen LogP contribution in [0.3, 0.4) is 0 Å². The second kappa shape index (κ2) is 1.12. The van der Waals surface area contributed by atoms with Crippen LogP contribution >= 0.6 is 0 Å². The molecule has 0 aromatic carbocycles. The van der Waals surface area contributed by atoms with E-state index in [-0.39, 0.29) is 0 Å². The molecule has 0 spiro atoms. The Kier molecular flexibility index (Phi) is 0.733. The Morgan fingerprint density at radius 2 is 1.67 bits per heavy atom. The molecule has 0 radical (unpaired) electrons. The third-order valence-corrected chi connectivity index (χ3v) is 0.390. The van der Waals surface area contributed by atoms with Crippen LogP contribution in [0.25, 0.3) is 0 Å². The third kappa shape index (κ3) is 0.476. The summed E-state index contributed by atoms with van der Waals surface area (Å²) in [6, 6.07) is 0. The first-order chi connectivity index (χ1) is 2.79. The summed E-state index contributed by atoms with van der Waals surface area (Å²) in [7, 11) is 0. The molecule has 1 aliphatic heterocycles. The predicted molar refractivity (Wildman–Crippen MR) is 12.9 cm³/mol. The van der Waals surface area contributed by atoms with Gasteiger partial charge in [0.2, 0.25) is 0 Å². The van der Waals surface area contributed by atoms with Gasteiger partial charge in [0, 0.05) is 4.94 Å². The SMILES string of the molecule is [O-][NH+]1N[NH+]([O-])O1. The van der Waals surface area contributed by atoms with Gasteiger partial charge in [-0.05, 0) is 10.7 Å². The fraction of sp³-hybridized carbons (Fsp3) is 0. The number of nitrogens with one attached hydrogen (secondary N) is 3. The van der Waals surface area contributed by atoms with Gasteiger partial charge in [-0.3, -0.25) is 0 Å². The maximum absolute atomic E-state index is 9.56. The molecule has 2 atom stereocenters. The molecule has 1 rings (SSSR count). The van der Waals surface area contributed by atoms with E-state index >= 15 is 0 Å². The number of quaternary nitrogens is 2. The molecule has 0 aromatic rings. The first-order valence-corrected chi connectivity index (χ1v) is 1.32. The molecule has 0 aliphatic carbocycles. The summed E-state index contributed by atoms with van der Waals surface area (Å²) in [6.45, 7) is 0. The van der Waals surface area contributed by atoms with Crippen molar-refractivity contribution in [2.24, 2.45) is 0 Å². The molecule has 6 heteroatoms.